The molecule has 0 saturated carbocycles. The van der Waals surface area contributed by atoms with E-state index in [1.54, 1.807) is 11.3 Å². The van der Waals surface area contributed by atoms with Gasteiger partial charge in [0.05, 0.1) is 12.3 Å². The van der Waals surface area contributed by atoms with E-state index in [0.29, 0.717) is 18.0 Å². The second kappa shape index (κ2) is 6.76. The molecule has 8 heteroatoms. The number of aromatic nitrogens is 1. The van der Waals surface area contributed by atoms with Gasteiger partial charge in [-0.3, -0.25) is 0 Å². The topological polar surface area (TPSA) is 85.1 Å². The molecular weight excluding hydrogens is 326 g/mol. The van der Waals surface area contributed by atoms with Gasteiger partial charge < -0.3 is 11.1 Å². The van der Waals surface area contributed by atoms with E-state index in [9.17, 15) is 8.42 Å². The first kappa shape index (κ1) is 16.3. The zero-order valence-corrected chi connectivity index (χ0v) is 14.5. The molecule has 2 aromatic rings. The van der Waals surface area contributed by atoms with Gasteiger partial charge in [-0.25, -0.2) is 8.42 Å². The van der Waals surface area contributed by atoms with Crippen LogP contribution >= 0.6 is 22.9 Å². The Morgan fingerprint density at radius 3 is 2.62 bits per heavy atom. The second-order valence-corrected chi connectivity index (χ2v) is 8.69. The fraction of sp³-hybridized carbons (Fsp3) is 0.462. The molecule has 2 heterocycles. The molecule has 0 atom stereocenters. The van der Waals surface area contributed by atoms with Gasteiger partial charge in [0.1, 0.15) is 9.90 Å². The summed E-state index contributed by atoms with van der Waals surface area (Å²) in [7, 11) is -3.37. The Kier molecular flexibility index (Phi) is 5.23. The van der Waals surface area contributed by atoms with Crippen molar-refractivity contribution in [3.8, 4) is 0 Å². The van der Waals surface area contributed by atoms with Crippen molar-refractivity contribution in [3.63, 3.8) is 0 Å². The smallest absolute Gasteiger partial charge is 0.185 e. The third-order valence-corrected chi connectivity index (χ3v) is 7.11. The van der Waals surface area contributed by atoms with Gasteiger partial charge in [-0.15, -0.1) is 11.3 Å². The number of anilines is 2. The highest BCUT2D eigenvalue weighted by Gasteiger charge is 2.24. The molecular formula is C13H19N3O2S3. The summed E-state index contributed by atoms with van der Waals surface area (Å²) in [5.41, 5.74) is 5.74. The molecule has 3 N–H and O–H groups in total. The summed E-state index contributed by atoms with van der Waals surface area (Å²) in [6.45, 7) is 4.53. The normalized spacial score (nSPS) is 11.7. The van der Waals surface area contributed by atoms with Crippen LogP contribution in [0.1, 0.15) is 30.0 Å². The monoisotopic (exact) mass is 345 g/mol. The Morgan fingerprint density at radius 1 is 1.29 bits per heavy atom. The van der Waals surface area contributed by atoms with Gasteiger partial charge >= 0.3 is 0 Å². The van der Waals surface area contributed by atoms with Crippen molar-refractivity contribution in [1.29, 1.82) is 0 Å². The highest BCUT2D eigenvalue weighted by atomic mass is 32.2. The van der Waals surface area contributed by atoms with Gasteiger partial charge in [-0.2, -0.15) is 4.37 Å². The molecule has 21 heavy (non-hydrogen) atoms. The fourth-order valence-corrected chi connectivity index (χ4v) is 5.47. The van der Waals surface area contributed by atoms with E-state index in [2.05, 4.69) is 28.7 Å². The van der Waals surface area contributed by atoms with Crippen LogP contribution in [0, 0.1) is 0 Å². The molecule has 116 valence electrons. The van der Waals surface area contributed by atoms with Crippen LogP contribution in [0.15, 0.2) is 17.0 Å². The van der Waals surface area contributed by atoms with Crippen LogP contribution < -0.4 is 11.1 Å². The molecule has 2 rings (SSSR count). The molecule has 5 nitrogen and oxygen atoms in total. The molecule has 0 aromatic carbocycles. The van der Waals surface area contributed by atoms with E-state index < -0.39 is 9.84 Å². The van der Waals surface area contributed by atoms with Gasteiger partial charge in [0.2, 0.25) is 0 Å². The lowest BCUT2D eigenvalue weighted by Crippen LogP contribution is -2.10. The number of thiophene rings is 1. The van der Waals surface area contributed by atoms with E-state index in [1.807, 2.05) is 6.92 Å². The number of nitrogens with one attached hydrogen (secondary N) is 1. The summed E-state index contributed by atoms with van der Waals surface area (Å²) in [6.07, 6.45) is 1.57. The maximum absolute atomic E-state index is 12.2. The summed E-state index contributed by atoms with van der Waals surface area (Å²) in [4.78, 5) is 2.63. The van der Waals surface area contributed by atoms with Gasteiger partial charge in [-0.05, 0) is 36.5 Å². The SMILES string of the molecule is CCCS(=O)(=O)c1c(N)nsc1NCc1ccc(CC)s1. The predicted molar refractivity (Wildman–Crippen MR) is 89.9 cm³/mol. The van der Waals surface area contributed by atoms with Crippen LogP contribution in [0.25, 0.3) is 0 Å². The number of aryl methyl sites for hydroxylation is 1. The molecule has 0 radical (unpaired) electrons. The van der Waals surface area contributed by atoms with E-state index in [4.69, 9.17) is 5.73 Å². The van der Waals surface area contributed by atoms with E-state index in [-0.39, 0.29) is 16.5 Å². The molecule has 0 aliphatic heterocycles. The molecule has 0 aliphatic carbocycles. The minimum absolute atomic E-state index is 0.0866. The van der Waals surface area contributed by atoms with Crippen molar-refractivity contribution in [3.05, 3.63) is 21.9 Å². The van der Waals surface area contributed by atoms with Crippen molar-refractivity contribution in [2.75, 3.05) is 16.8 Å². The van der Waals surface area contributed by atoms with Gasteiger partial charge in [0, 0.05) is 9.75 Å². The highest BCUT2D eigenvalue weighted by Crippen LogP contribution is 2.33. The Morgan fingerprint density at radius 2 is 2.00 bits per heavy atom. The van der Waals surface area contributed by atoms with Crippen molar-refractivity contribution < 1.29 is 8.42 Å². The van der Waals surface area contributed by atoms with Crippen LogP contribution in [0.3, 0.4) is 0 Å². The predicted octanol–water partition coefficient (Wildman–Crippen LogP) is 3.15. The number of hydrogen-bond donors (Lipinski definition) is 2. The maximum atomic E-state index is 12.2. The number of nitrogens with two attached hydrogens (primary N) is 1. The lowest BCUT2D eigenvalue weighted by molar-refractivity contribution is 0.595. The quantitative estimate of drug-likeness (QED) is 0.805. The second-order valence-electron chi connectivity index (χ2n) is 4.62. The Balaban J connectivity index is 2.18. The number of sulfone groups is 1. The van der Waals surface area contributed by atoms with Crippen molar-refractivity contribution in [1.82, 2.24) is 4.37 Å². The summed E-state index contributed by atoms with van der Waals surface area (Å²) >= 11 is 2.82. The Bertz CT molecular complexity index is 704. The van der Waals surface area contributed by atoms with Crippen molar-refractivity contribution >= 4 is 43.5 Å². The number of nitrogens with zero attached hydrogens (tertiary/aromatic N) is 1. The standard InChI is InChI=1S/C13H19N3O2S3/c1-3-7-21(17,18)11-12(14)16-20-13(11)15-8-10-6-5-9(4-2)19-10/h5-6,15H,3-4,7-8H2,1-2H3,(H2,14,16). The molecule has 0 saturated heterocycles. The lowest BCUT2D eigenvalue weighted by atomic mass is 10.3. The molecule has 0 amide bonds. The molecule has 0 aliphatic rings. The lowest BCUT2D eigenvalue weighted by Gasteiger charge is -2.06. The molecule has 0 unspecified atom stereocenters. The molecule has 0 fully saturated rings. The van der Waals surface area contributed by atoms with Crippen LogP contribution in [0.2, 0.25) is 0 Å². The largest absolute Gasteiger partial charge is 0.382 e. The molecule has 0 spiro atoms. The number of rotatable bonds is 7. The minimum atomic E-state index is -3.37. The van der Waals surface area contributed by atoms with Crippen LogP contribution in [0.4, 0.5) is 10.8 Å². The first-order valence-corrected chi connectivity index (χ1v) is 10.0. The zero-order chi connectivity index (χ0) is 15.5. The molecule has 2 aromatic heterocycles. The van der Waals surface area contributed by atoms with E-state index >= 15 is 0 Å². The third-order valence-electron chi connectivity index (χ3n) is 2.95. The first-order valence-electron chi connectivity index (χ1n) is 6.77. The summed E-state index contributed by atoms with van der Waals surface area (Å²) in [5, 5.41) is 3.69. The van der Waals surface area contributed by atoms with E-state index in [0.717, 1.165) is 22.8 Å². The van der Waals surface area contributed by atoms with Crippen LogP contribution in [0.5, 0.6) is 0 Å². The van der Waals surface area contributed by atoms with Gasteiger partial charge in [-0.1, -0.05) is 13.8 Å². The van der Waals surface area contributed by atoms with Crippen molar-refractivity contribution in [2.24, 2.45) is 0 Å². The third kappa shape index (κ3) is 3.75. The van der Waals surface area contributed by atoms with Crippen LogP contribution in [-0.2, 0) is 22.8 Å². The Hall–Kier alpha value is -1.12. The molecule has 0 bridgehead atoms. The summed E-state index contributed by atoms with van der Waals surface area (Å²) in [5.74, 6) is 0.180. The number of hydrogen-bond acceptors (Lipinski definition) is 7. The minimum Gasteiger partial charge on any atom is -0.382 e. The number of nitrogen functional groups attached to an aromatic ring is 1. The van der Waals surface area contributed by atoms with Crippen LogP contribution in [-0.4, -0.2) is 18.5 Å². The average molecular weight is 346 g/mol. The zero-order valence-electron chi connectivity index (χ0n) is 12.0. The first-order chi connectivity index (χ1) is 9.97. The van der Waals surface area contributed by atoms with Crippen molar-refractivity contribution in [2.45, 2.75) is 38.1 Å². The highest BCUT2D eigenvalue weighted by molar-refractivity contribution is 7.91. The van der Waals surface area contributed by atoms with Gasteiger partial charge in [0.15, 0.2) is 15.7 Å². The summed E-state index contributed by atoms with van der Waals surface area (Å²) in [6, 6.07) is 4.15. The maximum Gasteiger partial charge on any atom is 0.185 e. The fourth-order valence-electron chi connectivity index (χ4n) is 1.95. The van der Waals surface area contributed by atoms with E-state index in [1.165, 1.54) is 4.88 Å². The van der Waals surface area contributed by atoms with Gasteiger partial charge in [0.25, 0.3) is 0 Å². The average Bonchev–Trinajstić information content (AvgIpc) is 3.02. The Labute approximate surface area is 133 Å². The summed E-state index contributed by atoms with van der Waals surface area (Å²) < 4.78 is 28.5.